The van der Waals surface area contributed by atoms with E-state index in [0.29, 0.717) is 35.1 Å². The Labute approximate surface area is 200 Å². The molecule has 1 aliphatic carbocycles. The number of carbonyl (C=O) groups is 1. The van der Waals surface area contributed by atoms with Crippen LogP contribution in [-0.2, 0) is 22.4 Å². The Morgan fingerprint density at radius 2 is 2.12 bits per heavy atom. The van der Waals surface area contributed by atoms with Gasteiger partial charge >= 0.3 is 0 Å². The van der Waals surface area contributed by atoms with Gasteiger partial charge in [-0.3, -0.25) is 14.2 Å². The Morgan fingerprint density at radius 1 is 1.33 bits per heavy atom. The molecule has 2 aromatic heterocycles. The lowest BCUT2D eigenvalue weighted by molar-refractivity contribution is -0.120. The molecule has 0 spiro atoms. The lowest BCUT2D eigenvalue weighted by Crippen LogP contribution is -2.33. The topological polar surface area (TPSA) is 73.2 Å². The standard InChI is InChI=1S/C24H28FN3O3S2/c1-3-31-14-8-13-26-21(29)15(2)32-24-27-22-20(16-9-4-7-12-19(16)33-22)23(30)28(24)18-11-6-5-10-17(18)25/h5-6,10-11,15H,3-4,7-9,12-14H2,1-2H3,(H,26,29). The molecule has 1 N–H and O–H groups in total. The highest BCUT2D eigenvalue weighted by Gasteiger charge is 2.25. The summed E-state index contributed by atoms with van der Waals surface area (Å²) in [5, 5.41) is 3.31. The molecule has 1 amide bonds. The van der Waals surface area contributed by atoms with Crippen molar-refractivity contribution in [1.29, 1.82) is 0 Å². The van der Waals surface area contributed by atoms with Crippen molar-refractivity contribution in [2.45, 2.75) is 56.4 Å². The number of thiophene rings is 1. The van der Waals surface area contributed by atoms with Crippen LogP contribution in [0.25, 0.3) is 15.9 Å². The first-order chi connectivity index (χ1) is 16.0. The van der Waals surface area contributed by atoms with E-state index in [2.05, 4.69) is 5.32 Å². The van der Waals surface area contributed by atoms with Crippen LogP contribution in [0.1, 0.15) is 43.6 Å². The molecular weight excluding hydrogens is 461 g/mol. The van der Waals surface area contributed by atoms with Crippen molar-refractivity contribution in [2.75, 3.05) is 19.8 Å². The van der Waals surface area contributed by atoms with Gasteiger partial charge in [0.05, 0.1) is 16.3 Å². The molecule has 9 heteroatoms. The van der Waals surface area contributed by atoms with Crippen molar-refractivity contribution < 1.29 is 13.9 Å². The number of aryl methyl sites for hydroxylation is 2. The predicted octanol–water partition coefficient (Wildman–Crippen LogP) is 4.49. The quantitative estimate of drug-likeness (QED) is 0.272. The fourth-order valence-corrected chi connectivity index (χ4v) is 6.24. The maximum atomic E-state index is 14.8. The SMILES string of the molecule is CCOCCCNC(=O)C(C)Sc1nc2sc3c(c2c(=O)n1-c1ccccc1F)CCCC3. The zero-order chi connectivity index (χ0) is 23.4. The Kier molecular flexibility index (Phi) is 7.82. The van der Waals surface area contributed by atoms with Crippen LogP contribution in [0.2, 0.25) is 0 Å². The van der Waals surface area contributed by atoms with E-state index < -0.39 is 11.1 Å². The summed E-state index contributed by atoms with van der Waals surface area (Å²) in [4.78, 5) is 33.0. The van der Waals surface area contributed by atoms with Crippen LogP contribution in [0.15, 0.2) is 34.2 Å². The summed E-state index contributed by atoms with van der Waals surface area (Å²) in [7, 11) is 0. The molecule has 1 aliphatic rings. The monoisotopic (exact) mass is 489 g/mol. The molecule has 0 aliphatic heterocycles. The first-order valence-electron chi connectivity index (χ1n) is 11.4. The number of aromatic nitrogens is 2. The van der Waals surface area contributed by atoms with Crippen molar-refractivity contribution in [1.82, 2.24) is 14.9 Å². The van der Waals surface area contributed by atoms with Crippen LogP contribution in [0.4, 0.5) is 4.39 Å². The third kappa shape index (κ3) is 5.15. The van der Waals surface area contributed by atoms with E-state index in [1.165, 1.54) is 27.3 Å². The molecule has 6 nitrogen and oxygen atoms in total. The smallest absolute Gasteiger partial charge is 0.267 e. The average Bonchev–Trinajstić information content (AvgIpc) is 3.18. The second kappa shape index (κ2) is 10.8. The highest BCUT2D eigenvalue weighted by Crippen LogP contribution is 2.36. The van der Waals surface area contributed by atoms with Gasteiger partial charge in [0.25, 0.3) is 5.56 Å². The van der Waals surface area contributed by atoms with Gasteiger partial charge in [-0.25, -0.2) is 9.37 Å². The third-order valence-corrected chi connectivity index (χ3v) is 7.91. The normalized spacial score (nSPS) is 14.3. The van der Waals surface area contributed by atoms with Gasteiger partial charge in [-0.05, 0) is 63.6 Å². The largest absolute Gasteiger partial charge is 0.382 e. The van der Waals surface area contributed by atoms with Crippen LogP contribution in [0.5, 0.6) is 0 Å². The van der Waals surface area contributed by atoms with Gasteiger partial charge in [-0.15, -0.1) is 11.3 Å². The van der Waals surface area contributed by atoms with E-state index in [0.717, 1.165) is 37.7 Å². The fraction of sp³-hybridized carbons (Fsp3) is 0.458. The maximum absolute atomic E-state index is 14.8. The lowest BCUT2D eigenvalue weighted by atomic mass is 9.97. The molecule has 0 radical (unpaired) electrons. The molecule has 0 bridgehead atoms. The van der Waals surface area contributed by atoms with Gasteiger partial charge in [0, 0.05) is 24.6 Å². The molecule has 176 valence electrons. The summed E-state index contributed by atoms with van der Waals surface area (Å²) in [6, 6.07) is 6.19. The molecule has 1 atom stereocenters. The van der Waals surface area contributed by atoms with Gasteiger partial charge in [-0.1, -0.05) is 23.9 Å². The molecular formula is C24H28FN3O3S2. The number of ether oxygens (including phenoxy) is 1. The predicted molar refractivity (Wildman–Crippen MR) is 131 cm³/mol. The Morgan fingerprint density at radius 3 is 2.91 bits per heavy atom. The van der Waals surface area contributed by atoms with E-state index in [-0.39, 0.29) is 17.2 Å². The Hall–Kier alpha value is -2.23. The molecule has 1 aromatic carbocycles. The first kappa shape index (κ1) is 23.9. The maximum Gasteiger partial charge on any atom is 0.267 e. The summed E-state index contributed by atoms with van der Waals surface area (Å²) >= 11 is 2.72. The Bertz CT molecular complexity index is 1210. The van der Waals surface area contributed by atoms with Crippen molar-refractivity contribution >= 4 is 39.2 Å². The number of nitrogens with one attached hydrogen (secondary N) is 1. The second-order valence-corrected chi connectivity index (χ2v) is 10.4. The molecule has 0 saturated carbocycles. The highest BCUT2D eigenvalue weighted by molar-refractivity contribution is 8.00. The van der Waals surface area contributed by atoms with Gasteiger partial charge in [-0.2, -0.15) is 0 Å². The first-order valence-corrected chi connectivity index (χ1v) is 13.0. The number of thioether (sulfide) groups is 1. The minimum absolute atomic E-state index is 0.152. The molecule has 0 saturated heterocycles. The summed E-state index contributed by atoms with van der Waals surface area (Å²) in [6.45, 7) is 5.44. The van der Waals surface area contributed by atoms with E-state index in [4.69, 9.17) is 9.72 Å². The number of hydrogen-bond donors (Lipinski definition) is 1. The van der Waals surface area contributed by atoms with Gasteiger partial charge in [0.2, 0.25) is 5.91 Å². The van der Waals surface area contributed by atoms with Crippen molar-refractivity contribution in [3.05, 3.63) is 50.9 Å². The number of hydrogen-bond acceptors (Lipinski definition) is 6. The third-order valence-electron chi connectivity index (χ3n) is 5.67. The van der Waals surface area contributed by atoms with Gasteiger partial charge < -0.3 is 10.1 Å². The summed E-state index contributed by atoms with van der Waals surface area (Å²) < 4.78 is 21.4. The number of fused-ring (bicyclic) bond motifs is 3. The molecule has 0 fully saturated rings. The number of benzene rings is 1. The number of para-hydroxylation sites is 1. The second-order valence-electron chi connectivity index (χ2n) is 7.98. The fourth-order valence-electron chi connectivity index (χ4n) is 4.00. The number of amides is 1. The summed E-state index contributed by atoms with van der Waals surface area (Å²) in [5.74, 6) is -0.656. The van der Waals surface area contributed by atoms with Crippen molar-refractivity contribution in [3.8, 4) is 5.69 Å². The zero-order valence-corrected chi connectivity index (χ0v) is 20.5. The summed E-state index contributed by atoms with van der Waals surface area (Å²) in [6.07, 6.45) is 4.65. The molecule has 1 unspecified atom stereocenters. The number of carbonyl (C=O) groups excluding carboxylic acids is 1. The average molecular weight is 490 g/mol. The highest BCUT2D eigenvalue weighted by atomic mass is 32.2. The van der Waals surface area contributed by atoms with Gasteiger partial charge in [0.1, 0.15) is 10.6 Å². The minimum Gasteiger partial charge on any atom is -0.382 e. The Balaban J connectivity index is 1.69. The van der Waals surface area contributed by atoms with E-state index >= 15 is 0 Å². The van der Waals surface area contributed by atoms with Crippen molar-refractivity contribution in [3.63, 3.8) is 0 Å². The van der Waals surface area contributed by atoms with E-state index in [1.54, 1.807) is 36.5 Å². The molecule has 33 heavy (non-hydrogen) atoms. The van der Waals surface area contributed by atoms with Crippen molar-refractivity contribution in [2.24, 2.45) is 0 Å². The number of nitrogens with zero attached hydrogens (tertiary/aromatic N) is 2. The van der Waals surface area contributed by atoms with Crippen LogP contribution in [-0.4, -0.2) is 40.5 Å². The van der Waals surface area contributed by atoms with E-state index in [9.17, 15) is 14.0 Å². The van der Waals surface area contributed by atoms with Crippen LogP contribution < -0.4 is 10.9 Å². The van der Waals surface area contributed by atoms with Crippen LogP contribution in [0, 0.1) is 5.82 Å². The molecule has 3 aromatic rings. The zero-order valence-electron chi connectivity index (χ0n) is 18.9. The molecule has 4 rings (SSSR count). The van der Waals surface area contributed by atoms with Gasteiger partial charge in [0.15, 0.2) is 5.16 Å². The lowest BCUT2D eigenvalue weighted by Gasteiger charge is -2.16. The van der Waals surface area contributed by atoms with Crippen LogP contribution in [0.3, 0.4) is 0 Å². The van der Waals surface area contributed by atoms with Crippen LogP contribution >= 0.6 is 23.1 Å². The summed E-state index contributed by atoms with van der Waals surface area (Å²) in [5.41, 5.74) is 0.941. The molecule has 2 heterocycles. The van der Waals surface area contributed by atoms with E-state index in [1.807, 2.05) is 6.92 Å². The number of halogens is 1. The minimum atomic E-state index is -0.506. The number of rotatable bonds is 9.